The number of rotatable bonds is 9. The minimum Gasteiger partial charge on any atom is -0.495 e. The van der Waals surface area contributed by atoms with E-state index in [0.717, 1.165) is 27.4 Å². The van der Waals surface area contributed by atoms with Crippen molar-refractivity contribution < 1.29 is 13.9 Å². The fourth-order valence-electron chi connectivity index (χ4n) is 3.97. The largest absolute Gasteiger partial charge is 0.495 e. The highest BCUT2D eigenvalue weighted by atomic mass is 32.2. The summed E-state index contributed by atoms with van der Waals surface area (Å²) < 4.78 is 18.7. The Morgan fingerprint density at radius 1 is 0.927 bits per heavy atom. The van der Waals surface area contributed by atoms with Crippen LogP contribution in [0, 0.1) is 5.82 Å². The van der Waals surface area contributed by atoms with Crippen molar-refractivity contribution >= 4 is 62.8 Å². The van der Waals surface area contributed by atoms with Crippen molar-refractivity contribution in [1.82, 2.24) is 4.98 Å². The molecular formula is C31H25FN4O2S3. The zero-order valence-electron chi connectivity index (χ0n) is 21.8. The number of carbonyl (C=O) groups is 1. The summed E-state index contributed by atoms with van der Waals surface area (Å²) >= 11 is 8.26. The summed E-state index contributed by atoms with van der Waals surface area (Å²) in [5.41, 5.74) is 3.84. The van der Waals surface area contributed by atoms with Gasteiger partial charge in [-0.05, 0) is 72.4 Å². The first kappa shape index (κ1) is 28.3. The van der Waals surface area contributed by atoms with Gasteiger partial charge in [-0.15, -0.1) is 23.1 Å². The Hall–Kier alpha value is -4.25. The number of thioether (sulfide) groups is 1. The van der Waals surface area contributed by atoms with Gasteiger partial charge < -0.3 is 20.7 Å². The third-order valence-electron chi connectivity index (χ3n) is 5.92. The lowest BCUT2D eigenvalue weighted by Crippen LogP contribution is -2.20. The van der Waals surface area contributed by atoms with Gasteiger partial charge in [0.15, 0.2) is 10.2 Å². The third-order valence-corrected chi connectivity index (χ3v) is 8.13. The smallest absolute Gasteiger partial charge is 0.244 e. The number of para-hydroxylation sites is 2. The number of hydrogen-bond acceptors (Lipinski definition) is 6. The molecular weight excluding hydrogens is 576 g/mol. The molecule has 0 aliphatic heterocycles. The van der Waals surface area contributed by atoms with Crippen LogP contribution in [0.4, 0.5) is 20.9 Å². The number of halogens is 1. The molecule has 0 radical (unpaired) electrons. The normalized spacial score (nSPS) is 11.4. The number of hydrogen-bond donors (Lipinski definition) is 3. The number of thiazole rings is 1. The molecule has 41 heavy (non-hydrogen) atoms. The first-order chi connectivity index (χ1) is 20.0. The number of ether oxygens (including phenoxy) is 1. The minimum atomic E-state index is -0.539. The number of methoxy groups -OCH3 is 1. The number of anilines is 3. The van der Waals surface area contributed by atoms with Gasteiger partial charge in [0.05, 0.1) is 18.5 Å². The lowest BCUT2D eigenvalue weighted by Gasteiger charge is -2.17. The Balaban J connectivity index is 1.30. The van der Waals surface area contributed by atoms with E-state index in [1.807, 2.05) is 84.2 Å². The van der Waals surface area contributed by atoms with Crippen molar-refractivity contribution in [3.63, 3.8) is 0 Å². The number of aromatic nitrogens is 1. The van der Waals surface area contributed by atoms with Crippen LogP contribution in [0.1, 0.15) is 10.8 Å². The van der Waals surface area contributed by atoms with Crippen LogP contribution in [0.3, 0.4) is 0 Å². The van der Waals surface area contributed by atoms with Gasteiger partial charge in [-0.2, -0.15) is 0 Å². The fourth-order valence-corrected chi connectivity index (χ4v) is 6.01. The SMILES string of the molecule is COc1ccccc1NC(=S)Nc1cccc(SC(C(=O)Nc2nc(-c3ccc(F)cc3)cs2)c2ccccc2)c1. The molecule has 5 rings (SSSR count). The lowest BCUT2D eigenvalue weighted by molar-refractivity contribution is -0.115. The van der Waals surface area contributed by atoms with E-state index in [4.69, 9.17) is 17.0 Å². The van der Waals surface area contributed by atoms with E-state index in [9.17, 15) is 9.18 Å². The molecule has 0 fully saturated rings. The van der Waals surface area contributed by atoms with E-state index in [2.05, 4.69) is 20.9 Å². The Bertz CT molecular complexity index is 1650. The van der Waals surface area contributed by atoms with E-state index in [0.29, 0.717) is 21.7 Å². The van der Waals surface area contributed by atoms with Crippen LogP contribution >= 0.6 is 35.3 Å². The molecule has 4 aromatic carbocycles. The third kappa shape index (κ3) is 7.49. The van der Waals surface area contributed by atoms with Crippen molar-refractivity contribution in [3.05, 3.63) is 120 Å². The Morgan fingerprint density at radius 3 is 2.46 bits per heavy atom. The summed E-state index contributed by atoms with van der Waals surface area (Å²) in [5.74, 6) is 0.171. The predicted molar refractivity (Wildman–Crippen MR) is 170 cm³/mol. The maximum absolute atomic E-state index is 13.6. The first-order valence-electron chi connectivity index (χ1n) is 12.5. The molecule has 0 aliphatic rings. The molecule has 206 valence electrons. The molecule has 3 N–H and O–H groups in total. The molecule has 1 unspecified atom stereocenters. The standard InChI is InChI=1S/C31H25FN4O2S3/c1-38-27-13-6-5-12-25(27)34-30(39)33-23-10-7-11-24(18-23)41-28(21-8-3-2-4-9-21)29(37)36-31-35-26(19-40-31)20-14-16-22(32)17-15-20/h2-19,28H,1H3,(H2,33,34,39)(H,35,36,37). The molecule has 5 aromatic rings. The Morgan fingerprint density at radius 2 is 1.68 bits per heavy atom. The first-order valence-corrected chi connectivity index (χ1v) is 14.7. The van der Waals surface area contributed by atoms with Crippen molar-refractivity contribution in [2.75, 3.05) is 23.1 Å². The van der Waals surface area contributed by atoms with Crippen LogP contribution in [0.2, 0.25) is 0 Å². The minimum absolute atomic E-state index is 0.201. The molecule has 1 amide bonds. The van der Waals surface area contributed by atoms with E-state index in [-0.39, 0.29) is 11.7 Å². The van der Waals surface area contributed by atoms with E-state index < -0.39 is 5.25 Å². The second-order valence-electron chi connectivity index (χ2n) is 8.75. The summed E-state index contributed by atoms with van der Waals surface area (Å²) in [7, 11) is 1.61. The van der Waals surface area contributed by atoms with Gasteiger partial charge in [-0.1, -0.05) is 48.5 Å². The van der Waals surface area contributed by atoms with Crippen molar-refractivity contribution in [3.8, 4) is 17.0 Å². The summed E-state index contributed by atoms with van der Waals surface area (Å²) in [6, 6.07) is 30.9. The van der Waals surface area contributed by atoms with Crippen LogP contribution in [0.15, 0.2) is 113 Å². The summed E-state index contributed by atoms with van der Waals surface area (Å²) in [6.45, 7) is 0. The maximum Gasteiger partial charge on any atom is 0.244 e. The van der Waals surface area contributed by atoms with Crippen molar-refractivity contribution in [1.29, 1.82) is 0 Å². The summed E-state index contributed by atoms with van der Waals surface area (Å²) in [4.78, 5) is 19.0. The molecule has 0 saturated heterocycles. The molecule has 0 saturated carbocycles. The van der Waals surface area contributed by atoms with E-state index in [1.54, 1.807) is 19.2 Å². The molecule has 6 nitrogen and oxygen atoms in total. The lowest BCUT2D eigenvalue weighted by atomic mass is 10.1. The van der Waals surface area contributed by atoms with Crippen LogP contribution in [-0.2, 0) is 4.79 Å². The highest BCUT2D eigenvalue weighted by Gasteiger charge is 2.23. The Kier molecular flexibility index (Phi) is 9.25. The molecule has 0 aliphatic carbocycles. The number of benzene rings is 4. The fraction of sp³-hybridized carbons (Fsp3) is 0.0645. The van der Waals surface area contributed by atoms with Crippen LogP contribution in [0.5, 0.6) is 5.75 Å². The number of thiocarbonyl (C=S) groups is 1. The zero-order valence-corrected chi connectivity index (χ0v) is 24.3. The number of carbonyl (C=O) groups excluding carboxylic acids is 1. The maximum atomic E-state index is 13.6. The van der Waals surface area contributed by atoms with Crippen LogP contribution in [0.25, 0.3) is 11.3 Å². The van der Waals surface area contributed by atoms with Gasteiger partial charge >= 0.3 is 0 Å². The van der Waals surface area contributed by atoms with E-state index in [1.165, 1.54) is 35.2 Å². The molecule has 1 atom stereocenters. The summed E-state index contributed by atoms with van der Waals surface area (Å²) in [5, 5.41) is 11.5. The molecule has 0 spiro atoms. The predicted octanol–water partition coefficient (Wildman–Crippen LogP) is 8.24. The summed E-state index contributed by atoms with van der Waals surface area (Å²) in [6.07, 6.45) is 0. The molecule has 1 aromatic heterocycles. The van der Waals surface area contributed by atoms with Crippen molar-refractivity contribution in [2.24, 2.45) is 0 Å². The number of nitrogens with zero attached hydrogens (tertiary/aromatic N) is 1. The average Bonchev–Trinajstić information content (AvgIpc) is 3.45. The van der Waals surface area contributed by atoms with Gasteiger partial charge in [0.25, 0.3) is 0 Å². The quantitative estimate of drug-likeness (QED) is 0.116. The topological polar surface area (TPSA) is 75.3 Å². The average molecular weight is 601 g/mol. The molecule has 10 heteroatoms. The van der Waals surface area contributed by atoms with Gasteiger partial charge in [-0.3, -0.25) is 4.79 Å². The Labute approximate surface area is 251 Å². The highest BCUT2D eigenvalue weighted by Crippen LogP contribution is 2.38. The second kappa shape index (κ2) is 13.4. The van der Waals surface area contributed by atoms with Crippen LogP contribution < -0.4 is 20.7 Å². The monoisotopic (exact) mass is 600 g/mol. The van der Waals surface area contributed by atoms with Gasteiger partial charge in [-0.25, -0.2) is 9.37 Å². The van der Waals surface area contributed by atoms with Crippen molar-refractivity contribution in [2.45, 2.75) is 10.1 Å². The van der Waals surface area contributed by atoms with Crippen LogP contribution in [-0.4, -0.2) is 23.1 Å². The van der Waals surface area contributed by atoms with Gasteiger partial charge in [0.2, 0.25) is 5.91 Å². The molecule has 1 heterocycles. The van der Waals surface area contributed by atoms with Gasteiger partial charge in [0.1, 0.15) is 16.8 Å². The number of nitrogens with one attached hydrogen (secondary N) is 3. The second-order valence-corrected chi connectivity index (χ2v) is 11.2. The zero-order chi connectivity index (χ0) is 28.6. The highest BCUT2D eigenvalue weighted by molar-refractivity contribution is 8.00. The van der Waals surface area contributed by atoms with E-state index >= 15 is 0 Å². The number of amides is 1. The van der Waals surface area contributed by atoms with Gasteiger partial charge in [0, 0.05) is 21.5 Å². The molecule has 0 bridgehead atoms.